The Kier molecular flexibility index (Phi) is 4.19. The van der Waals surface area contributed by atoms with Gasteiger partial charge in [0.05, 0.1) is 17.1 Å². The maximum Gasteiger partial charge on any atom is 0.336 e. The van der Waals surface area contributed by atoms with E-state index in [2.05, 4.69) is 5.32 Å². The summed E-state index contributed by atoms with van der Waals surface area (Å²) in [5.41, 5.74) is 0.657. The number of hydrogen-bond donors (Lipinski definition) is 2. The minimum atomic E-state index is -1.18. The standard InChI is InChI=1S/C13H16N2O5/c1-8-11(14-6-9-2-3-20-7-9)4-10(13(16)17)5-12(8)15(18)19/h4-5,9,14H,2-3,6-7H2,1H3,(H,16,17). The van der Waals surface area contributed by atoms with Gasteiger partial charge in [-0.15, -0.1) is 0 Å². The van der Waals surface area contributed by atoms with Gasteiger partial charge in [-0.2, -0.15) is 0 Å². The molecular weight excluding hydrogens is 264 g/mol. The predicted octanol–water partition coefficient (Wildman–Crippen LogP) is 2.05. The number of anilines is 1. The van der Waals surface area contributed by atoms with Crippen LogP contribution in [0.1, 0.15) is 22.3 Å². The summed E-state index contributed by atoms with van der Waals surface area (Å²) in [4.78, 5) is 21.4. The molecule has 2 rings (SSSR count). The summed E-state index contributed by atoms with van der Waals surface area (Å²) in [6.45, 7) is 3.60. The lowest BCUT2D eigenvalue weighted by molar-refractivity contribution is -0.385. The first-order valence-electron chi connectivity index (χ1n) is 6.33. The number of hydrogen-bond acceptors (Lipinski definition) is 5. The summed E-state index contributed by atoms with van der Waals surface area (Å²) in [6.07, 6.45) is 0.937. The SMILES string of the molecule is Cc1c(NCC2CCOC2)cc(C(=O)O)cc1[N+](=O)[O-]. The van der Waals surface area contributed by atoms with Crippen molar-refractivity contribution in [1.82, 2.24) is 0 Å². The minimum Gasteiger partial charge on any atom is -0.478 e. The molecule has 0 spiro atoms. The molecule has 20 heavy (non-hydrogen) atoms. The Morgan fingerprint density at radius 3 is 2.90 bits per heavy atom. The van der Waals surface area contributed by atoms with Gasteiger partial charge in [0.2, 0.25) is 0 Å². The fourth-order valence-electron chi connectivity index (χ4n) is 2.19. The highest BCUT2D eigenvalue weighted by molar-refractivity contribution is 5.90. The summed E-state index contributed by atoms with van der Waals surface area (Å²) >= 11 is 0. The Morgan fingerprint density at radius 2 is 2.35 bits per heavy atom. The molecular formula is C13H16N2O5. The monoisotopic (exact) mass is 280 g/mol. The van der Waals surface area contributed by atoms with Crippen LogP contribution < -0.4 is 5.32 Å². The average Bonchev–Trinajstić information content (AvgIpc) is 2.90. The van der Waals surface area contributed by atoms with Crippen LogP contribution in [-0.2, 0) is 4.74 Å². The Morgan fingerprint density at radius 1 is 1.60 bits per heavy atom. The summed E-state index contributed by atoms with van der Waals surface area (Å²) in [6, 6.07) is 2.52. The van der Waals surface area contributed by atoms with Crippen molar-refractivity contribution in [2.75, 3.05) is 25.1 Å². The van der Waals surface area contributed by atoms with Crippen molar-refractivity contribution in [1.29, 1.82) is 0 Å². The second-order valence-corrected chi connectivity index (χ2v) is 4.84. The molecule has 1 saturated heterocycles. The van der Waals surface area contributed by atoms with Crippen LogP contribution >= 0.6 is 0 Å². The Balaban J connectivity index is 2.25. The van der Waals surface area contributed by atoms with E-state index in [4.69, 9.17) is 9.84 Å². The summed E-state index contributed by atoms with van der Waals surface area (Å²) in [5, 5.41) is 23.1. The quantitative estimate of drug-likeness (QED) is 0.632. The summed E-state index contributed by atoms with van der Waals surface area (Å²) in [7, 11) is 0. The topological polar surface area (TPSA) is 102 Å². The molecule has 0 radical (unpaired) electrons. The lowest BCUT2D eigenvalue weighted by atomic mass is 10.1. The van der Waals surface area contributed by atoms with E-state index in [-0.39, 0.29) is 11.3 Å². The lowest BCUT2D eigenvalue weighted by Gasteiger charge is -2.13. The van der Waals surface area contributed by atoms with Crippen LogP contribution in [0.3, 0.4) is 0 Å². The van der Waals surface area contributed by atoms with Crippen LogP contribution in [0.25, 0.3) is 0 Å². The molecule has 7 heteroatoms. The Hall–Kier alpha value is -2.15. The van der Waals surface area contributed by atoms with E-state index in [1.54, 1.807) is 6.92 Å². The van der Waals surface area contributed by atoms with Crippen molar-refractivity contribution in [3.63, 3.8) is 0 Å². The number of ether oxygens (including phenoxy) is 1. The van der Waals surface area contributed by atoms with E-state index in [9.17, 15) is 14.9 Å². The van der Waals surface area contributed by atoms with Gasteiger partial charge in [-0.3, -0.25) is 10.1 Å². The smallest absolute Gasteiger partial charge is 0.336 e. The van der Waals surface area contributed by atoms with Crippen LogP contribution in [0, 0.1) is 23.0 Å². The van der Waals surface area contributed by atoms with Crippen LogP contribution in [0.4, 0.5) is 11.4 Å². The number of rotatable bonds is 5. The van der Waals surface area contributed by atoms with Gasteiger partial charge in [0, 0.05) is 36.4 Å². The maximum absolute atomic E-state index is 11.0. The van der Waals surface area contributed by atoms with Crippen LogP contribution in [-0.4, -0.2) is 35.8 Å². The van der Waals surface area contributed by atoms with E-state index in [1.165, 1.54) is 6.07 Å². The molecule has 1 unspecified atom stereocenters. The van der Waals surface area contributed by atoms with Crippen molar-refractivity contribution in [2.24, 2.45) is 5.92 Å². The van der Waals surface area contributed by atoms with Crippen molar-refractivity contribution in [2.45, 2.75) is 13.3 Å². The molecule has 0 bridgehead atoms. The number of nitro groups is 1. The zero-order valence-corrected chi connectivity index (χ0v) is 11.1. The van der Waals surface area contributed by atoms with E-state index < -0.39 is 10.9 Å². The summed E-state index contributed by atoms with van der Waals surface area (Å²) in [5.74, 6) is -0.831. The third kappa shape index (κ3) is 3.05. The minimum absolute atomic E-state index is 0.0903. The second kappa shape index (κ2) is 5.87. The van der Waals surface area contributed by atoms with Gasteiger partial charge in [0.25, 0.3) is 5.69 Å². The van der Waals surface area contributed by atoms with Gasteiger partial charge >= 0.3 is 5.97 Å². The number of nitro benzene ring substituents is 1. The van der Waals surface area contributed by atoms with Crippen LogP contribution in [0.5, 0.6) is 0 Å². The van der Waals surface area contributed by atoms with E-state index in [0.29, 0.717) is 30.3 Å². The zero-order chi connectivity index (χ0) is 14.7. The van der Waals surface area contributed by atoms with Crippen molar-refractivity contribution < 1.29 is 19.6 Å². The normalized spacial score (nSPS) is 17.9. The molecule has 0 aromatic heterocycles. The van der Waals surface area contributed by atoms with Gasteiger partial charge in [0.15, 0.2) is 0 Å². The molecule has 7 nitrogen and oxygen atoms in total. The fraction of sp³-hybridized carbons (Fsp3) is 0.462. The number of nitrogens with zero attached hydrogens (tertiary/aromatic N) is 1. The molecule has 1 fully saturated rings. The molecule has 0 aliphatic carbocycles. The largest absolute Gasteiger partial charge is 0.478 e. The molecule has 2 N–H and O–H groups in total. The Bertz CT molecular complexity index is 538. The number of benzene rings is 1. The zero-order valence-electron chi connectivity index (χ0n) is 11.1. The third-order valence-corrected chi connectivity index (χ3v) is 3.43. The number of carboxylic acid groups (broad SMARTS) is 1. The predicted molar refractivity (Wildman–Crippen MR) is 72.2 cm³/mol. The van der Waals surface area contributed by atoms with E-state index >= 15 is 0 Å². The molecule has 1 aliphatic heterocycles. The average molecular weight is 280 g/mol. The van der Waals surface area contributed by atoms with Gasteiger partial charge in [-0.05, 0) is 19.4 Å². The fourth-order valence-corrected chi connectivity index (χ4v) is 2.19. The van der Waals surface area contributed by atoms with Crippen LogP contribution in [0.15, 0.2) is 12.1 Å². The first kappa shape index (κ1) is 14.3. The van der Waals surface area contributed by atoms with Crippen molar-refractivity contribution in [3.05, 3.63) is 33.4 Å². The molecule has 0 saturated carbocycles. The van der Waals surface area contributed by atoms with E-state index in [1.807, 2.05) is 0 Å². The lowest BCUT2D eigenvalue weighted by Crippen LogP contribution is -2.15. The molecule has 1 aliphatic rings. The Labute approximate surface area is 115 Å². The molecule has 108 valence electrons. The van der Waals surface area contributed by atoms with Crippen molar-refractivity contribution in [3.8, 4) is 0 Å². The van der Waals surface area contributed by atoms with Gasteiger partial charge in [-0.25, -0.2) is 4.79 Å². The van der Waals surface area contributed by atoms with Gasteiger partial charge < -0.3 is 15.2 Å². The highest BCUT2D eigenvalue weighted by Crippen LogP contribution is 2.28. The molecule has 1 aromatic carbocycles. The number of carboxylic acids is 1. The first-order valence-corrected chi connectivity index (χ1v) is 6.33. The third-order valence-electron chi connectivity index (χ3n) is 3.43. The second-order valence-electron chi connectivity index (χ2n) is 4.84. The highest BCUT2D eigenvalue weighted by atomic mass is 16.6. The van der Waals surface area contributed by atoms with E-state index in [0.717, 1.165) is 19.1 Å². The number of aromatic carboxylic acids is 1. The molecule has 0 amide bonds. The molecule has 1 heterocycles. The van der Waals surface area contributed by atoms with Gasteiger partial charge in [0.1, 0.15) is 0 Å². The van der Waals surface area contributed by atoms with Crippen molar-refractivity contribution >= 4 is 17.3 Å². The summed E-state index contributed by atoms with van der Waals surface area (Å²) < 4.78 is 5.26. The maximum atomic E-state index is 11.0. The number of nitrogens with one attached hydrogen (secondary N) is 1. The molecule has 1 atom stereocenters. The molecule has 1 aromatic rings. The first-order chi connectivity index (χ1) is 9.49. The van der Waals surface area contributed by atoms with Gasteiger partial charge in [-0.1, -0.05) is 0 Å². The highest BCUT2D eigenvalue weighted by Gasteiger charge is 2.20. The van der Waals surface area contributed by atoms with Crippen LogP contribution in [0.2, 0.25) is 0 Å². The number of carbonyl (C=O) groups is 1.